The topological polar surface area (TPSA) is 60.9 Å². The molecule has 3 amide bonds. The molecule has 0 aromatic heterocycles. The Bertz CT molecular complexity index is 713. The first-order valence-electron chi connectivity index (χ1n) is 10.0. The van der Waals surface area contributed by atoms with Gasteiger partial charge in [0.1, 0.15) is 0 Å². The number of amides is 3. The lowest BCUT2D eigenvalue weighted by atomic mass is 10.0. The second kappa shape index (κ2) is 7.71. The van der Waals surface area contributed by atoms with Gasteiger partial charge in [0.25, 0.3) is 0 Å². The van der Waals surface area contributed by atoms with Crippen LogP contribution in [-0.2, 0) is 20.9 Å². The van der Waals surface area contributed by atoms with E-state index in [1.54, 1.807) is 4.90 Å². The van der Waals surface area contributed by atoms with Crippen LogP contribution < -0.4 is 0 Å². The molecule has 6 nitrogen and oxygen atoms in total. The molecule has 3 fully saturated rings. The summed E-state index contributed by atoms with van der Waals surface area (Å²) in [4.78, 5) is 42.9. The van der Waals surface area contributed by atoms with Crippen molar-refractivity contribution in [3.05, 3.63) is 35.9 Å². The number of carbonyl (C=O) groups is 3. The number of piperidine rings is 1. The summed E-state index contributed by atoms with van der Waals surface area (Å²) in [6.07, 6.45) is 3.65. The molecule has 0 bridgehead atoms. The second-order valence-electron chi connectivity index (χ2n) is 7.91. The maximum Gasteiger partial charge on any atom is 0.227 e. The monoisotopic (exact) mass is 369 g/mol. The van der Waals surface area contributed by atoms with E-state index in [0.717, 1.165) is 31.4 Å². The lowest BCUT2D eigenvalue weighted by molar-refractivity contribution is -0.138. The fourth-order valence-electron chi connectivity index (χ4n) is 4.61. The van der Waals surface area contributed by atoms with Crippen molar-refractivity contribution in [2.45, 2.75) is 44.7 Å². The number of hydrogen-bond donors (Lipinski definition) is 0. The van der Waals surface area contributed by atoms with Crippen molar-refractivity contribution in [1.29, 1.82) is 0 Å². The highest BCUT2D eigenvalue weighted by molar-refractivity contribution is 5.89. The number of hydrogen-bond acceptors (Lipinski definition) is 3. The van der Waals surface area contributed by atoms with E-state index in [-0.39, 0.29) is 29.7 Å². The van der Waals surface area contributed by atoms with E-state index in [0.29, 0.717) is 39.0 Å². The fourth-order valence-corrected chi connectivity index (χ4v) is 4.61. The van der Waals surface area contributed by atoms with Crippen LogP contribution in [0.3, 0.4) is 0 Å². The molecule has 1 aromatic rings. The maximum atomic E-state index is 12.9. The Labute approximate surface area is 160 Å². The summed E-state index contributed by atoms with van der Waals surface area (Å²) in [5.41, 5.74) is 1.09. The molecule has 144 valence electrons. The molecule has 4 rings (SSSR count). The second-order valence-corrected chi connectivity index (χ2v) is 7.91. The van der Waals surface area contributed by atoms with Gasteiger partial charge in [0.15, 0.2) is 0 Å². The summed E-state index contributed by atoms with van der Waals surface area (Å²) in [6, 6.07) is 10.2. The zero-order chi connectivity index (χ0) is 18.8. The van der Waals surface area contributed by atoms with E-state index >= 15 is 0 Å². The molecular formula is C21H27N3O3. The van der Waals surface area contributed by atoms with Crippen LogP contribution in [0.5, 0.6) is 0 Å². The SMILES string of the molecule is O=C1CC(C(=O)N2CCC(N3CCCC3=O)CC2)CN1Cc1ccccc1. The highest BCUT2D eigenvalue weighted by atomic mass is 16.2. The summed E-state index contributed by atoms with van der Waals surface area (Å²) in [5.74, 6) is 0.198. The highest BCUT2D eigenvalue weighted by Gasteiger charge is 2.38. The minimum Gasteiger partial charge on any atom is -0.342 e. The van der Waals surface area contributed by atoms with Gasteiger partial charge in [-0.05, 0) is 24.8 Å². The number of rotatable bonds is 4. The number of carbonyl (C=O) groups excluding carboxylic acids is 3. The average Bonchev–Trinajstić information content (AvgIpc) is 3.28. The van der Waals surface area contributed by atoms with Gasteiger partial charge < -0.3 is 14.7 Å². The normalized spacial score (nSPS) is 24.1. The van der Waals surface area contributed by atoms with E-state index < -0.39 is 0 Å². The van der Waals surface area contributed by atoms with Crippen molar-refractivity contribution < 1.29 is 14.4 Å². The third-order valence-electron chi connectivity index (χ3n) is 6.11. The first kappa shape index (κ1) is 18.0. The highest BCUT2D eigenvalue weighted by Crippen LogP contribution is 2.26. The molecule has 3 aliphatic heterocycles. The van der Waals surface area contributed by atoms with Crippen LogP contribution in [0.15, 0.2) is 30.3 Å². The molecule has 0 aliphatic carbocycles. The van der Waals surface area contributed by atoms with Gasteiger partial charge in [0.2, 0.25) is 17.7 Å². The molecule has 3 aliphatic rings. The van der Waals surface area contributed by atoms with Crippen LogP contribution in [-0.4, -0.2) is 64.6 Å². The Morgan fingerprint density at radius 1 is 1.00 bits per heavy atom. The molecule has 3 heterocycles. The van der Waals surface area contributed by atoms with Gasteiger partial charge in [-0.3, -0.25) is 14.4 Å². The zero-order valence-electron chi connectivity index (χ0n) is 15.7. The summed E-state index contributed by atoms with van der Waals surface area (Å²) >= 11 is 0. The van der Waals surface area contributed by atoms with Gasteiger partial charge in [0, 0.05) is 51.6 Å². The molecule has 27 heavy (non-hydrogen) atoms. The Morgan fingerprint density at radius 3 is 2.41 bits per heavy atom. The van der Waals surface area contributed by atoms with E-state index in [4.69, 9.17) is 0 Å². The van der Waals surface area contributed by atoms with E-state index in [1.165, 1.54) is 0 Å². The van der Waals surface area contributed by atoms with Crippen LogP contribution in [0, 0.1) is 5.92 Å². The van der Waals surface area contributed by atoms with Crippen molar-refractivity contribution in [3.63, 3.8) is 0 Å². The third kappa shape index (κ3) is 3.84. The Balaban J connectivity index is 1.30. The predicted octanol–water partition coefficient (Wildman–Crippen LogP) is 1.65. The number of likely N-dealkylation sites (tertiary alicyclic amines) is 3. The Morgan fingerprint density at radius 2 is 1.74 bits per heavy atom. The molecule has 0 spiro atoms. The first-order valence-corrected chi connectivity index (χ1v) is 10.0. The molecule has 1 unspecified atom stereocenters. The van der Waals surface area contributed by atoms with E-state index in [2.05, 4.69) is 0 Å². The van der Waals surface area contributed by atoms with Gasteiger partial charge in [-0.1, -0.05) is 30.3 Å². The van der Waals surface area contributed by atoms with Gasteiger partial charge >= 0.3 is 0 Å². The minimum atomic E-state index is -0.230. The smallest absolute Gasteiger partial charge is 0.227 e. The number of benzene rings is 1. The zero-order valence-corrected chi connectivity index (χ0v) is 15.7. The number of nitrogens with zero attached hydrogens (tertiary/aromatic N) is 3. The quantitative estimate of drug-likeness (QED) is 0.811. The van der Waals surface area contributed by atoms with E-state index in [1.807, 2.05) is 40.1 Å². The van der Waals surface area contributed by atoms with Crippen LogP contribution in [0.25, 0.3) is 0 Å². The third-order valence-corrected chi connectivity index (χ3v) is 6.11. The molecule has 3 saturated heterocycles. The van der Waals surface area contributed by atoms with Crippen molar-refractivity contribution in [2.75, 3.05) is 26.2 Å². The van der Waals surface area contributed by atoms with Gasteiger partial charge in [-0.2, -0.15) is 0 Å². The van der Waals surface area contributed by atoms with E-state index in [9.17, 15) is 14.4 Å². The first-order chi connectivity index (χ1) is 13.1. The molecular weight excluding hydrogens is 342 g/mol. The predicted molar refractivity (Wildman–Crippen MR) is 101 cm³/mol. The van der Waals surface area contributed by atoms with Crippen molar-refractivity contribution in [2.24, 2.45) is 5.92 Å². The minimum absolute atomic E-state index is 0.0646. The lowest BCUT2D eigenvalue weighted by Gasteiger charge is -2.37. The van der Waals surface area contributed by atoms with Crippen molar-refractivity contribution in [3.8, 4) is 0 Å². The standard InChI is InChI=1S/C21H27N3O3/c25-19-7-4-10-24(19)18-8-11-22(12-9-18)21(27)17-13-20(26)23(15-17)14-16-5-2-1-3-6-16/h1-3,5-6,17-18H,4,7-15H2. The molecule has 0 radical (unpaired) electrons. The van der Waals surface area contributed by atoms with Gasteiger partial charge in [-0.15, -0.1) is 0 Å². The summed E-state index contributed by atoms with van der Waals surface area (Å²) in [5, 5.41) is 0. The largest absolute Gasteiger partial charge is 0.342 e. The van der Waals surface area contributed by atoms with Crippen LogP contribution in [0.1, 0.15) is 37.7 Å². The summed E-state index contributed by atoms with van der Waals surface area (Å²) in [6.45, 7) is 3.33. The lowest BCUT2D eigenvalue weighted by Crippen LogP contribution is -2.48. The molecule has 0 saturated carbocycles. The van der Waals surface area contributed by atoms with Crippen LogP contribution >= 0.6 is 0 Å². The van der Waals surface area contributed by atoms with Crippen LogP contribution in [0.4, 0.5) is 0 Å². The summed E-state index contributed by atoms with van der Waals surface area (Å²) < 4.78 is 0. The molecule has 1 aromatic carbocycles. The van der Waals surface area contributed by atoms with Crippen LogP contribution in [0.2, 0.25) is 0 Å². The fraction of sp³-hybridized carbons (Fsp3) is 0.571. The molecule has 6 heteroatoms. The maximum absolute atomic E-state index is 12.9. The Kier molecular flexibility index (Phi) is 5.14. The van der Waals surface area contributed by atoms with Crippen molar-refractivity contribution >= 4 is 17.7 Å². The molecule has 1 atom stereocenters. The van der Waals surface area contributed by atoms with Gasteiger partial charge in [0.05, 0.1) is 5.92 Å². The summed E-state index contributed by atoms with van der Waals surface area (Å²) in [7, 11) is 0. The Hall–Kier alpha value is -2.37. The average molecular weight is 369 g/mol. The van der Waals surface area contributed by atoms with Gasteiger partial charge in [-0.25, -0.2) is 0 Å². The molecule has 0 N–H and O–H groups in total. The van der Waals surface area contributed by atoms with Crippen molar-refractivity contribution in [1.82, 2.24) is 14.7 Å².